The van der Waals surface area contributed by atoms with Crippen LogP contribution in [0, 0.1) is 26.7 Å². The van der Waals surface area contributed by atoms with Gasteiger partial charge < -0.3 is 25.4 Å². The first-order valence-corrected chi connectivity index (χ1v) is 15.6. The molecule has 8 heteroatoms. The molecule has 0 bridgehead atoms. The molecule has 0 aliphatic rings. The van der Waals surface area contributed by atoms with Crippen molar-refractivity contribution in [2.45, 2.75) is 119 Å². The number of phenols is 1. The second kappa shape index (κ2) is 16.3. The quantitative estimate of drug-likeness (QED) is 0.194. The average molecular weight is 596 g/mol. The van der Waals surface area contributed by atoms with Crippen molar-refractivity contribution in [2.24, 2.45) is 5.92 Å². The number of para-hydroxylation sites is 1. The Labute approximate surface area is 258 Å². The third-order valence-electron chi connectivity index (χ3n) is 7.47. The number of ether oxygens (including phenoxy) is 1. The number of anilines is 1. The molecule has 8 nitrogen and oxygen atoms in total. The van der Waals surface area contributed by atoms with Gasteiger partial charge in [0.2, 0.25) is 5.91 Å². The number of aryl methyl sites for hydroxylation is 3. The molecule has 3 amide bonds. The van der Waals surface area contributed by atoms with Gasteiger partial charge in [-0.3, -0.25) is 9.59 Å². The van der Waals surface area contributed by atoms with E-state index in [0.717, 1.165) is 43.2 Å². The van der Waals surface area contributed by atoms with E-state index in [1.165, 1.54) is 0 Å². The third-order valence-corrected chi connectivity index (χ3v) is 7.47. The molecule has 2 aromatic rings. The molecule has 0 fully saturated rings. The van der Waals surface area contributed by atoms with Crippen LogP contribution in [-0.4, -0.2) is 46.1 Å². The smallest absolute Gasteiger partial charge is 0.408 e. The van der Waals surface area contributed by atoms with E-state index in [0.29, 0.717) is 29.8 Å². The van der Waals surface area contributed by atoms with Crippen LogP contribution in [0.25, 0.3) is 0 Å². The Hall–Kier alpha value is -3.55. The Morgan fingerprint density at radius 2 is 1.51 bits per heavy atom. The molecule has 2 atom stereocenters. The molecule has 0 aliphatic carbocycles. The van der Waals surface area contributed by atoms with E-state index in [2.05, 4.69) is 17.6 Å². The van der Waals surface area contributed by atoms with Crippen molar-refractivity contribution in [1.29, 1.82) is 0 Å². The average Bonchev–Trinajstić information content (AvgIpc) is 2.91. The molecule has 0 heterocycles. The van der Waals surface area contributed by atoms with Gasteiger partial charge in [0.05, 0.1) is 0 Å². The molecule has 0 saturated heterocycles. The number of nitrogens with zero attached hydrogens (tertiary/aromatic N) is 1. The van der Waals surface area contributed by atoms with Crippen LogP contribution in [0.5, 0.6) is 5.75 Å². The van der Waals surface area contributed by atoms with E-state index in [9.17, 15) is 19.5 Å². The predicted octanol–water partition coefficient (Wildman–Crippen LogP) is 7.74. The summed E-state index contributed by atoms with van der Waals surface area (Å²) in [5.41, 5.74) is 2.97. The molecule has 3 N–H and O–H groups in total. The van der Waals surface area contributed by atoms with Crippen molar-refractivity contribution in [3.8, 4) is 5.75 Å². The summed E-state index contributed by atoms with van der Waals surface area (Å²) in [7, 11) is 0. The minimum atomic E-state index is -0.997. The van der Waals surface area contributed by atoms with Crippen LogP contribution in [0.2, 0.25) is 0 Å². The Kier molecular flexibility index (Phi) is 13.5. The van der Waals surface area contributed by atoms with Gasteiger partial charge in [-0.1, -0.05) is 77.1 Å². The number of rotatable bonds is 14. The minimum Gasteiger partial charge on any atom is -0.508 e. The molecule has 0 aromatic heterocycles. The maximum atomic E-state index is 14.4. The van der Waals surface area contributed by atoms with E-state index >= 15 is 0 Å². The second-order valence-corrected chi connectivity index (χ2v) is 12.9. The van der Waals surface area contributed by atoms with Gasteiger partial charge in [0.15, 0.2) is 0 Å². The zero-order chi connectivity index (χ0) is 32.3. The maximum absolute atomic E-state index is 14.4. The monoisotopic (exact) mass is 595 g/mol. The number of phenolic OH excluding ortho intramolecular Hbond substituents is 1. The lowest BCUT2D eigenvalue weighted by molar-refractivity contribution is -0.141. The molecular formula is C35H53N3O5. The summed E-state index contributed by atoms with van der Waals surface area (Å²) in [5, 5.41) is 16.2. The van der Waals surface area contributed by atoms with Crippen molar-refractivity contribution in [1.82, 2.24) is 10.2 Å². The molecule has 0 radical (unpaired) electrons. The highest BCUT2D eigenvalue weighted by Gasteiger charge is 2.37. The Morgan fingerprint density at radius 3 is 2.07 bits per heavy atom. The summed E-state index contributed by atoms with van der Waals surface area (Å²) in [5.74, 6) is -0.877. The van der Waals surface area contributed by atoms with Crippen LogP contribution < -0.4 is 10.6 Å². The van der Waals surface area contributed by atoms with Crippen molar-refractivity contribution >= 4 is 23.6 Å². The SMILES string of the molecule is CCCCCCCCN(C(=O)C(NC(=O)OC(C)(C)C)C(C)C)C(C(=O)Nc1c(C)cccc1C)c1ccc(O)c(C)c1. The van der Waals surface area contributed by atoms with Crippen LogP contribution in [0.15, 0.2) is 36.4 Å². The lowest BCUT2D eigenvalue weighted by Crippen LogP contribution is -2.54. The number of alkyl carbamates (subject to hydrolysis) is 1. The maximum Gasteiger partial charge on any atom is 0.408 e. The molecule has 0 aliphatic heterocycles. The van der Waals surface area contributed by atoms with Crippen LogP contribution >= 0.6 is 0 Å². The third kappa shape index (κ3) is 10.9. The zero-order valence-corrected chi connectivity index (χ0v) is 27.7. The molecule has 43 heavy (non-hydrogen) atoms. The van der Waals surface area contributed by atoms with Crippen molar-refractivity contribution in [3.63, 3.8) is 0 Å². The lowest BCUT2D eigenvalue weighted by atomic mass is 9.96. The Balaban J connectivity index is 2.58. The topological polar surface area (TPSA) is 108 Å². The number of nitrogens with one attached hydrogen (secondary N) is 2. The molecule has 238 valence electrons. The second-order valence-electron chi connectivity index (χ2n) is 12.9. The van der Waals surface area contributed by atoms with Crippen molar-refractivity contribution < 1.29 is 24.2 Å². The standard InChI is InChI=1S/C35H53N3O5/c1-10-11-12-13-14-15-21-38(33(41)29(23(2)3)37-34(42)43-35(7,8)9)31(27-19-20-28(39)26(6)22-27)32(40)36-30-24(4)17-16-18-25(30)5/h16-20,22-23,29,31,39H,10-15,21H2,1-9H3,(H,36,40)(H,37,42). The molecule has 2 rings (SSSR count). The molecular weight excluding hydrogens is 542 g/mol. The first-order valence-electron chi connectivity index (χ1n) is 15.6. The fraction of sp³-hybridized carbons (Fsp3) is 0.571. The van der Waals surface area contributed by atoms with Gasteiger partial charge in [-0.15, -0.1) is 0 Å². The van der Waals surface area contributed by atoms with E-state index in [1.807, 2.05) is 45.9 Å². The lowest BCUT2D eigenvalue weighted by Gasteiger charge is -2.36. The van der Waals surface area contributed by atoms with Gasteiger partial charge in [-0.25, -0.2) is 4.79 Å². The summed E-state index contributed by atoms with van der Waals surface area (Å²) in [6, 6.07) is 8.87. The summed E-state index contributed by atoms with van der Waals surface area (Å²) < 4.78 is 5.48. The Bertz CT molecular complexity index is 1210. The minimum absolute atomic E-state index is 0.109. The van der Waals surface area contributed by atoms with E-state index in [4.69, 9.17) is 4.74 Å². The van der Waals surface area contributed by atoms with Crippen LogP contribution in [0.4, 0.5) is 10.5 Å². The number of hydrogen-bond donors (Lipinski definition) is 3. The van der Waals surface area contributed by atoms with E-state index in [1.54, 1.807) is 50.8 Å². The number of carbonyl (C=O) groups is 3. The molecule has 2 aromatic carbocycles. The molecule has 0 spiro atoms. The number of unbranched alkanes of at least 4 members (excludes halogenated alkanes) is 5. The highest BCUT2D eigenvalue weighted by atomic mass is 16.6. The number of hydrogen-bond acceptors (Lipinski definition) is 5. The number of benzene rings is 2. The van der Waals surface area contributed by atoms with Gasteiger partial charge in [0.25, 0.3) is 5.91 Å². The van der Waals surface area contributed by atoms with Gasteiger partial charge in [0.1, 0.15) is 23.4 Å². The molecule has 0 saturated carbocycles. The molecule has 2 unspecified atom stereocenters. The first kappa shape index (κ1) is 35.6. The van der Waals surface area contributed by atoms with Crippen LogP contribution in [0.3, 0.4) is 0 Å². The summed E-state index contributed by atoms with van der Waals surface area (Å²) >= 11 is 0. The van der Waals surface area contributed by atoms with E-state index < -0.39 is 23.8 Å². The summed E-state index contributed by atoms with van der Waals surface area (Å²) in [4.78, 5) is 43.1. The van der Waals surface area contributed by atoms with Gasteiger partial charge >= 0.3 is 6.09 Å². The summed E-state index contributed by atoms with van der Waals surface area (Å²) in [6.45, 7) is 17.2. The normalized spacial score (nSPS) is 12.9. The van der Waals surface area contributed by atoms with E-state index in [-0.39, 0.29) is 23.5 Å². The van der Waals surface area contributed by atoms with Crippen LogP contribution in [0.1, 0.15) is 108 Å². The fourth-order valence-corrected chi connectivity index (χ4v) is 5.08. The van der Waals surface area contributed by atoms with Crippen LogP contribution in [-0.2, 0) is 14.3 Å². The number of carbonyl (C=O) groups excluding carboxylic acids is 3. The number of amides is 3. The van der Waals surface area contributed by atoms with Crippen molar-refractivity contribution in [3.05, 3.63) is 58.7 Å². The van der Waals surface area contributed by atoms with Crippen molar-refractivity contribution in [2.75, 3.05) is 11.9 Å². The Morgan fingerprint density at radius 1 is 0.907 bits per heavy atom. The van der Waals surface area contributed by atoms with Gasteiger partial charge in [-0.05, 0) is 88.3 Å². The highest BCUT2D eigenvalue weighted by Crippen LogP contribution is 2.30. The fourth-order valence-electron chi connectivity index (χ4n) is 5.08. The predicted molar refractivity (Wildman–Crippen MR) is 173 cm³/mol. The number of aromatic hydroxyl groups is 1. The largest absolute Gasteiger partial charge is 0.508 e. The van der Waals surface area contributed by atoms with Gasteiger partial charge in [0, 0.05) is 12.2 Å². The van der Waals surface area contributed by atoms with Gasteiger partial charge in [-0.2, -0.15) is 0 Å². The first-order chi connectivity index (χ1) is 20.2. The summed E-state index contributed by atoms with van der Waals surface area (Å²) in [6.07, 6.45) is 5.39. The zero-order valence-electron chi connectivity index (χ0n) is 27.7. The highest BCUT2D eigenvalue weighted by molar-refractivity contribution is 6.00.